The Morgan fingerprint density at radius 3 is 2.35 bits per heavy atom. The highest BCUT2D eigenvalue weighted by Crippen LogP contribution is 2.68. The van der Waals surface area contributed by atoms with Gasteiger partial charge < -0.3 is 0 Å². The maximum atomic E-state index is 11.4. The smallest absolute Gasteiger partial charge is 0.264 e. The van der Waals surface area contributed by atoms with E-state index in [0.717, 1.165) is 0 Å². The quantitative estimate of drug-likeness (QED) is 0.560. The van der Waals surface area contributed by atoms with Gasteiger partial charge in [0.15, 0.2) is 0 Å². The summed E-state index contributed by atoms with van der Waals surface area (Å²) in [6.45, 7) is 5.24. The lowest BCUT2D eigenvalue weighted by molar-refractivity contribution is -0.129. The normalized spacial score (nSPS) is 53.5. The molecule has 0 bridgehead atoms. The van der Waals surface area contributed by atoms with Crippen LogP contribution in [0.5, 0.6) is 0 Å². The Balaban J connectivity index is 1.65. The molecule has 9 atom stereocenters. The summed E-state index contributed by atoms with van der Waals surface area (Å²) < 4.78 is 109. The molecule has 4 saturated carbocycles. The van der Waals surface area contributed by atoms with E-state index in [2.05, 4.69) is 0 Å². The third kappa shape index (κ3) is 4.45. The molecule has 8 nitrogen and oxygen atoms in total. The molecule has 10 heteroatoms. The Morgan fingerprint density at radius 2 is 1.71 bits per heavy atom. The van der Waals surface area contributed by atoms with Crippen molar-refractivity contribution in [3.05, 3.63) is 0 Å². The number of hydrogen-bond donors (Lipinski definition) is 2. The molecule has 2 N–H and O–H groups in total. The zero-order chi connectivity index (χ0) is 26.5. The van der Waals surface area contributed by atoms with Gasteiger partial charge in [0.05, 0.1) is 14.9 Å². The lowest BCUT2D eigenvalue weighted by Gasteiger charge is -2.61. The molecule has 0 amide bonds. The number of rotatable bonds is 5. The van der Waals surface area contributed by atoms with E-state index in [-0.39, 0.29) is 42.9 Å². The summed E-state index contributed by atoms with van der Waals surface area (Å²) in [6.07, 6.45) is -2.27. The largest absolute Gasteiger partial charge is 0.397 e. The Bertz CT molecular complexity index is 1080. The minimum Gasteiger partial charge on any atom is -0.264 e. The first-order valence-corrected chi connectivity index (χ1v) is 13.7. The first kappa shape index (κ1) is 19.1. The van der Waals surface area contributed by atoms with Crippen molar-refractivity contribution in [1.82, 2.24) is 0 Å². The average molecular weight is 485 g/mol. The molecule has 0 aromatic carbocycles. The van der Waals surface area contributed by atoms with Crippen molar-refractivity contribution in [3.8, 4) is 0 Å². The van der Waals surface area contributed by atoms with E-state index in [1.54, 1.807) is 0 Å². The van der Waals surface area contributed by atoms with Gasteiger partial charge >= 0.3 is 20.8 Å². The third-order valence-corrected chi connectivity index (χ3v) is 9.84. The molecule has 0 spiro atoms. The van der Waals surface area contributed by atoms with Gasteiger partial charge in [0.25, 0.3) is 0 Å². The molecule has 180 valence electrons. The first-order chi connectivity index (χ1) is 15.6. The van der Waals surface area contributed by atoms with Gasteiger partial charge in [-0.3, -0.25) is 9.11 Å². The highest BCUT2D eigenvalue weighted by molar-refractivity contribution is 7.81. The van der Waals surface area contributed by atoms with E-state index in [0.29, 0.717) is 32.1 Å². The van der Waals surface area contributed by atoms with E-state index in [4.69, 9.17) is 15.7 Å². The summed E-state index contributed by atoms with van der Waals surface area (Å²) >= 11 is 0. The van der Waals surface area contributed by atoms with Crippen LogP contribution < -0.4 is 0 Å². The summed E-state index contributed by atoms with van der Waals surface area (Å²) in [5.74, 6) is -1.11. The fourth-order valence-corrected chi connectivity index (χ4v) is 8.50. The Labute approximate surface area is 192 Å². The zero-order valence-corrected chi connectivity index (χ0v) is 19.8. The topological polar surface area (TPSA) is 127 Å². The molecule has 4 rings (SSSR count). The van der Waals surface area contributed by atoms with Crippen LogP contribution in [-0.4, -0.2) is 38.1 Å². The maximum absolute atomic E-state index is 11.4. The van der Waals surface area contributed by atoms with E-state index >= 15 is 0 Å². The average Bonchev–Trinajstić information content (AvgIpc) is 2.94. The molecule has 0 aliphatic heterocycles. The van der Waals surface area contributed by atoms with Crippen LogP contribution in [0.25, 0.3) is 0 Å². The van der Waals surface area contributed by atoms with Crippen LogP contribution in [0.2, 0.25) is 0 Å². The first-order valence-electron chi connectivity index (χ1n) is 13.0. The summed E-state index contributed by atoms with van der Waals surface area (Å²) in [5, 5.41) is 0. The van der Waals surface area contributed by atoms with Gasteiger partial charge in [-0.05, 0) is 105 Å². The molecular formula is C21H36O8S2. The van der Waals surface area contributed by atoms with Gasteiger partial charge in [-0.1, -0.05) is 13.8 Å². The van der Waals surface area contributed by atoms with Crippen molar-refractivity contribution >= 4 is 20.8 Å². The van der Waals surface area contributed by atoms with Crippen molar-refractivity contribution < 1.29 is 39.8 Å². The fourth-order valence-electron chi connectivity index (χ4n) is 7.60. The van der Waals surface area contributed by atoms with E-state index in [1.807, 2.05) is 13.8 Å². The van der Waals surface area contributed by atoms with Gasteiger partial charge in [0.2, 0.25) is 0 Å². The van der Waals surface area contributed by atoms with Crippen LogP contribution >= 0.6 is 0 Å². The van der Waals surface area contributed by atoms with Gasteiger partial charge in [-0.25, -0.2) is 8.37 Å². The minimum atomic E-state index is -4.86. The second-order valence-electron chi connectivity index (χ2n) is 10.4. The van der Waals surface area contributed by atoms with Crippen molar-refractivity contribution in [3.63, 3.8) is 0 Å². The summed E-state index contributed by atoms with van der Waals surface area (Å²) in [5.41, 5.74) is -1.22. The van der Waals surface area contributed by atoms with Gasteiger partial charge in [0.1, 0.15) is 0 Å². The van der Waals surface area contributed by atoms with Crippen LogP contribution in [0.3, 0.4) is 0 Å². The third-order valence-electron chi connectivity index (χ3n) is 8.92. The van der Waals surface area contributed by atoms with E-state index < -0.39 is 56.1 Å². The van der Waals surface area contributed by atoms with Gasteiger partial charge in [0, 0.05) is 2.74 Å². The lowest BCUT2D eigenvalue weighted by atomic mass is 9.44. The SMILES string of the molecule is [2H]C1([2H])C[C@@]2(C)[C@@H](CC[C@@H]2[C@@]([2H])(C)OS(=O)(=O)O)[C@@H]2CC[C@H]3C[C@]([2H])(OS(=O)(=O)O)CC[C@]3(C)[C@H]21. The molecule has 0 aromatic rings. The molecule has 0 heterocycles. The molecule has 4 aliphatic rings. The van der Waals surface area contributed by atoms with E-state index in [9.17, 15) is 24.1 Å². The van der Waals surface area contributed by atoms with Crippen LogP contribution in [0, 0.1) is 40.4 Å². The van der Waals surface area contributed by atoms with Gasteiger partial charge in [-0.15, -0.1) is 0 Å². The Kier molecular flexibility index (Phi) is 4.87. The van der Waals surface area contributed by atoms with Crippen LogP contribution in [0.4, 0.5) is 0 Å². The molecule has 0 saturated heterocycles. The fraction of sp³-hybridized carbons (Fsp3) is 1.00. The van der Waals surface area contributed by atoms with Crippen molar-refractivity contribution in [1.29, 1.82) is 0 Å². The van der Waals surface area contributed by atoms with Crippen LogP contribution in [0.15, 0.2) is 0 Å². The molecular weight excluding hydrogens is 444 g/mol. The van der Waals surface area contributed by atoms with Crippen molar-refractivity contribution in [2.45, 2.75) is 90.7 Å². The van der Waals surface area contributed by atoms with E-state index in [1.165, 1.54) is 6.92 Å². The summed E-state index contributed by atoms with van der Waals surface area (Å²) in [6, 6.07) is 0. The second-order valence-corrected chi connectivity index (χ2v) is 12.5. The molecule has 31 heavy (non-hydrogen) atoms. The number of hydrogen-bond acceptors (Lipinski definition) is 6. The van der Waals surface area contributed by atoms with Crippen molar-refractivity contribution in [2.24, 2.45) is 40.4 Å². The molecule has 4 fully saturated rings. The number of fused-ring (bicyclic) bond motifs is 5. The molecule has 0 unspecified atom stereocenters. The molecule has 0 radical (unpaired) electrons. The lowest BCUT2D eigenvalue weighted by Crippen LogP contribution is -2.54. The van der Waals surface area contributed by atoms with Gasteiger partial charge in [-0.2, -0.15) is 16.8 Å². The predicted octanol–water partition coefficient (Wildman–Crippen LogP) is 4.04. The second kappa shape index (κ2) is 7.91. The Hall–Kier alpha value is -0.260. The van der Waals surface area contributed by atoms with Crippen molar-refractivity contribution in [2.75, 3.05) is 0 Å². The standard InChI is InChI=1S/C21H36O8S2/c1-13(28-30(22,23)24)17-6-7-18-16-5-4-14-12-15(29-31(25,26)27)8-10-20(14,2)19(16)9-11-21(17,18)3/h13-19H,4-12H2,1-3H3,(H,22,23,24)(H,25,26,27)/t13-,14+,15-,16+,17-,18+,19+,20+,21-/m1/s1/i9D2,13D,15D. The molecule has 4 aliphatic carbocycles. The van der Waals surface area contributed by atoms with Crippen LogP contribution in [-0.2, 0) is 29.2 Å². The highest BCUT2D eigenvalue weighted by atomic mass is 32.3. The highest BCUT2D eigenvalue weighted by Gasteiger charge is 2.61. The zero-order valence-electron chi connectivity index (χ0n) is 22.2. The summed E-state index contributed by atoms with van der Waals surface area (Å²) in [4.78, 5) is 0. The Morgan fingerprint density at radius 1 is 1.00 bits per heavy atom. The molecule has 0 aromatic heterocycles. The maximum Gasteiger partial charge on any atom is 0.397 e. The minimum absolute atomic E-state index is 0.0303. The van der Waals surface area contributed by atoms with Crippen LogP contribution in [0.1, 0.15) is 84.0 Å². The monoisotopic (exact) mass is 484 g/mol. The predicted molar refractivity (Wildman–Crippen MR) is 114 cm³/mol. The summed E-state index contributed by atoms with van der Waals surface area (Å²) in [7, 11) is -9.65.